The topological polar surface area (TPSA) is 129 Å². The number of carbonyl (C=O) groups excluding carboxylic acids is 1. The van der Waals surface area contributed by atoms with Gasteiger partial charge in [0.2, 0.25) is 0 Å². The Morgan fingerprint density at radius 3 is 2.38 bits per heavy atom. The summed E-state index contributed by atoms with van der Waals surface area (Å²) in [5.74, 6) is 0.395. The quantitative estimate of drug-likeness (QED) is 0.601. The molecule has 0 radical (unpaired) electrons. The fourth-order valence-corrected chi connectivity index (χ4v) is 4.04. The molecule has 3 aromatic rings. The zero-order valence-electron chi connectivity index (χ0n) is 17.1. The van der Waals surface area contributed by atoms with Gasteiger partial charge in [-0.15, -0.1) is 0 Å². The van der Waals surface area contributed by atoms with Gasteiger partial charge in [0, 0.05) is 37.0 Å². The van der Waals surface area contributed by atoms with E-state index in [0.29, 0.717) is 36.1 Å². The molecule has 0 saturated heterocycles. The van der Waals surface area contributed by atoms with E-state index < -0.39 is 15.9 Å². The smallest absolute Gasteiger partial charge is 0.276 e. The fourth-order valence-electron chi connectivity index (χ4n) is 2.96. The molecule has 1 aliphatic heterocycles. The third kappa shape index (κ3) is 4.72. The van der Waals surface area contributed by atoms with E-state index in [1.165, 1.54) is 43.4 Å². The van der Waals surface area contributed by atoms with Crippen molar-refractivity contribution in [3.8, 4) is 11.5 Å². The number of fused-ring (bicyclic) bond motifs is 1. The molecule has 0 saturated carbocycles. The second kappa shape index (κ2) is 8.71. The van der Waals surface area contributed by atoms with E-state index in [1.54, 1.807) is 18.2 Å². The van der Waals surface area contributed by atoms with E-state index >= 15 is 0 Å². The van der Waals surface area contributed by atoms with Crippen molar-refractivity contribution in [2.45, 2.75) is 11.3 Å². The third-order valence-corrected chi connectivity index (χ3v) is 6.00. The Kier molecular flexibility index (Phi) is 5.82. The van der Waals surface area contributed by atoms with Crippen molar-refractivity contribution in [2.24, 2.45) is 7.05 Å². The van der Waals surface area contributed by atoms with Gasteiger partial charge in [0.25, 0.3) is 21.5 Å². The van der Waals surface area contributed by atoms with Crippen LogP contribution in [0.1, 0.15) is 16.9 Å². The highest BCUT2D eigenvalue weighted by atomic mass is 32.2. The number of nitrogens with one attached hydrogen (secondary N) is 2. The van der Waals surface area contributed by atoms with E-state index in [9.17, 15) is 18.0 Å². The number of benzene rings is 2. The van der Waals surface area contributed by atoms with Gasteiger partial charge >= 0.3 is 0 Å². The summed E-state index contributed by atoms with van der Waals surface area (Å²) in [5.41, 5.74) is 0.498. The van der Waals surface area contributed by atoms with Crippen molar-refractivity contribution in [3.05, 3.63) is 70.6 Å². The minimum atomic E-state index is -3.86. The van der Waals surface area contributed by atoms with Crippen LogP contribution in [0.2, 0.25) is 0 Å². The first-order valence-corrected chi connectivity index (χ1v) is 11.2. The monoisotopic (exact) mass is 456 g/mol. The lowest BCUT2D eigenvalue weighted by atomic mass is 10.2. The van der Waals surface area contributed by atoms with Crippen LogP contribution in [-0.4, -0.2) is 37.3 Å². The van der Waals surface area contributed by atoms with Crippen LogP contribution < -0.4 is 25.1 Å². The number of hydrogen-bond acceptors (Lipinski definition) is 7. The molecule has 1 aliphatic rings. The second-order valence-electron chi connectivity index (χ2n) is 6.98. The standard InChI is InChI=1S/C21H20N4O6S/c1-25-20(26)10-8-17(23-25)21(27)22-14-3-5-15(6-4-14)24-32(28,29)16-7-9-18-19(13-16)31-12-2-11-30-18/h3-10,13,24H,2,11-12H2,1H3,(H,22,27). The Hall–Kier alpha value is -3.86. The molecule has 0 bridgehead atoms. The van der Waals surface area contributed by atoms with E-state index in [4.69, 9.17) is 9.47 Å². The summed E-state index contributed by atoms with van der Waals surface area (Å²) in [4.78, 5) is 23.7. The van der Waals surface area contributed by atoms with E-state index in [2.05, 4.69) is 15.1 Å². The van der Waals surface area contributed by atoms with Crippen molar-refractivity contribution in [1.82, 2.24) is 9.78 Å². The molecule has 4 rings (SSSR count). The van der Waals surface area contributed by atoms with Crippen LogP contribution >= 0.6 is 0 Å². The summed E-state index contributed by atoms with van der Waals surface area (Å²) in [6.07, 6.45) is 0.719. The summed E-state index contributed by atoms with van der Waals surface area (Å²) >= 11 is 0. The number of hydrogen-bond donors (Lipinski definition) is 2. The van der Waals surface area contributed by atoms with Crippen LogP contribution in [0.5, 0.6) is 11.5 Å². The Labute approximate surface area is 183 Å². The molecule has 0 atom stereocenters. The Morgan fingerprint density at radius 2 is 1.66 bits per heavy atom. The fraction of sp³-hybridized carbons (Fsp3) is 0.190. The van der Waals surface area contributed by atoms with Crippen molar-refractivity contribution < 1.29 is 22.7 Å². The maximum Gasteiger partial charge on any atom is 0.276 e. The summed E-state index contributed by atoms with van der Waals surface area (Å²) < 4.78 is 40.2. The second-order valence-corrected chi connectivity index (χ2v) is 8.66. The largest absolute Gasteiger partial charge is 0.490 e. The number of carbonyl (C=O) groups is 1. The van der Waals surface area contributed by atoms with Crippen LogP contribution in [0.3, 0.4) is 0 Å². The van der Waals surface area contributed by atoms with Gasteiger partial charge in [-0.3, -0.25) is 14.3 Å². The van der Waals surface area contributed by atoms with Gasteiger partial charge in [0.15, 0.2) is 11.5 Å². The molecule has 1 amide bonds. The molecule has 2 N–H and O–H groups in total. The number of aromatic nitrogens is 2. The molecular weight excluding hydrogens is 436 g/mol. The van der Waals surface area contributed by atoms with E-state index in [1.807, 2.05) is 0 Å². The van der Waals surface area contributed by atoms with Gasteiger partial charge in [-0.1, -0.05) is 0 Å². The molecule has 0 unspecified atom stereocenters. The minimum Gasteiger partial charge on any atom is -0.490 e. The lowest BCUT2D eigenvalue weighted by Crippen LogP contribution is -2.23. The van der Waals surface area contributed by atoms with Gasteiger partial charge in [-0.2, -0.15) is 5.10 Å². The molecule has 32 heavy (non-hydrogen) atoms. The first-order chi connectivity index (χ1) is 15.3. The molecule has 10 nitrogen and oxygen atoms in total. The number of amides is 1. The van der Waals surface area contributed by atoms with Crippen molar-refractivity contribution in [3.63, 3.8) is 0 Å². The third-order valence-electron chi connectivity index (χ3n) is 4.62. The van der Waals surface area contributed by atoms with Crippen molar-refractivity contribution in [2.75, 3.05) is 23.3 Å². The summed E-state index contributed by atoms with van der Waals surface area (Å²) in [7, 11) is -2.41. The molecular formula is C21H20N4O6S. The molecule has 2 heterocycles. The van der Waals surface area contributed by atoms with Gasteiger partial charge in [-0.25, -0.2) is 13.1 Å². The maximum absolute atomic E-state index is 12.8. The number of sulfonamides is 1. The normalized spacial score (nSPS) is 13.2. The van der Waals surface area contributed by atoms with E-state index in [-0.39, 0.29) is 16.1 Å². The zero-order chi connectivity index (χ0) is 22.7. The number of anilines is 2. The van der Waals surface area contributed by atoms with Gasteiger partial charge in [0.05, 0.1) is 18.1 Å². The first kappa shape index (κ1) is 21.4. The highest BCUT2D eigenvalue weighted by Crippen LogP contribution is 2.32. The molecule has 1 aromatic heterocycles. The minimum absolute atomic E-state index is 0.0416. The molecule has 166 valence electrons. The van der Waals surface area contributed by atoms with E-state index in [0.717, 1.165) is 11.1 Å². The average Bonchev–Trinajstić information content (AvgIpc) is 3.01. The Bertz CT molecular complexity index is 1320. The molecule has 0 fully saturated rings. The lowest BCUT2D eigenvalue weighted by Gasteiger charge is -2.12. The van der Waals surface area contributed by atoms with Crippen LogP contribution in [-0.2, 0) is 17.1 Å². The maximum atomic E-state index is 12.8. The van der Waals surface area contributed by atoms with Crippen LogP contribution in [0.4, 0.5) is 11.4 Å². The average molecular weight is 456 g/mol. The predicted molar refractivity (Wildman–Crippen MR) is 117 cm³/mol. The van der Waals surface area contributed by atoms with Crippen LogP contribution in [0.15, 0.2) is 64.3 Å². The first-order valence-electron chi connectivity index (χ1n) is 9.70. The van der Waals surface area contributed by atoms with Gasteiger partial charge in [0.1, 0.15) is 5.69 Å². The van der Waals surface area contributed by atoms with Crippen molar-refractivity contribution >= 4 is 27.3 Å². The number of nitrogens with zero attached hydrogens (tertiary/aromatic N) is 2. The summed E-state index contributed by atoms with van der Waals surface area (Å²) in [6.45, 7) is 0.963. The van der Waals surface area contributed by atoms with Gasteiger partial charge in [-0.05, 0) is 42.5 Å². The highest BCUT2D eigenvalue weighted by Gasteiger charge is 2.19. The predicted octanol–water partition coefficient (Wildman–Crippen LogP) is 1.99. The molecule has 0 spiro atoms. The lowest BCUT2D eigenvalue weighted by molar-refractivity contribution is 0.102. The summed E-state index contributed by atoms with van der Waals surface area (Å²) in [5, 5.41) is 6.53. The molecule has 2 aromatic carbocycles. The Balaban J connectivity index is 1.46. The summed E-state index contributed by atoms with van der Waals surface area (Å²) in [6, 6.07) is 13.2. The highest BCUT2D eigenvalue weighted by molar-refractivity contribution is 7.92. The van der Waals surface area contributed by atoms with Crippen LogP contribution in [0, 0.1) is 0 Å². The zero-order valence-corrected chi connectivity index (χ0v) is 17.9. The number of rotatable bonds is 5. The van der Waals surface area contributed by atoms with Gasteiger partial charge < -0.3 is 14.8 Å². The van der Waals surface area contributed by atoms with Crippen molar-refractivity contribution in [1.29, 1.82) is 0 Å². The number of ether oxygens (including phenoxy) is 2. The SMILES string of the molecule is Cn1nc(C(=O)Nc2ccc(NS(=O)(=O)c3ccc4c(c3)OCCCO4)cc2)ccc1=O. The number of aryl methyl sites for hydroxylation is 1. The molecule has 11 heteroatoms. The molecule has 0 aliphatic carbocycles. The Morgan fingerprint density at radius 1 is 0.969 bits per heavy atom. The van der Waals surface area contributed by atoms with Crippen LogP contribution in [0.25, 0.3) is 0 Å².